The lowest BCUT2D eigenvalue weighted by Crippen LogP contribution is -1.77. The van der Waals surface area contributed by atoms with E-state index in [0.29, 0.717) is 11.5 Å². The summed E-state index contributed by atoms with van der Waals surface area (Å²) in [6, 6.07) is 21.4. The number of fused-ring (bicyclic) bond motifs is 3. The van der Waals surface area contributed by atoms with Crippen molar-refractivity contribution in [2.45, 2.75) is 0 Å². The molecule has 98 valence electrons. The first-order valence-electron chi connectivity index (χ1n) is 6.64. The van der Waals surface area contributed by atoms with Crippen LogP contribution in [0, 0.1) is 11.3 Å². The maximum Gasteiger partial charge on any atom is 0.227 e. The van der Waals surface area contributed by atoms with Gasteiger partial charge in [0.25, 0.3) is 0 Å². The molecule has 0 spiro atoms. The van der Waals surface area contributed by atoms with Crippen LogP contribution < -0.4 is 0 Å². The number of hydrogen-bond donors (Lipinski definition) is 0. The minimum absolute atomic E-state index is 0.613. The number of nitrogens with zero attached hydrogens (tertiary/aromatic N) is 2. The SMILES string of the molecule is N#Cc1ccc2c(ccc3nc(-c4ccccc4)oc32)c1. The van der Waals surface area contributed by atoms with Gasteiger partial charge in [-0.05, 0) is 41.8 Å². The molecule has 0 atom stereocenters. The average molecular weight is 270 g/mol. The van der Waals surface area contributed by atoms with E-state index >= 15 is 0 Å². The van der Waals surface area contributed by atoms with Crippen LogP contribution in [-0.2, 0) is 0 Å². The molecular weight excluding hydrogens is 260 g/mol. The molecule has 0 aliphatic carbocycles. The molecule has 0 saturated carbocycles. The molecule has 0 amide bonds. The van der Waals surface area contributed by atoms with E-state index in [1.165, 1.54) is 0 Å². The zero-order valence-electron chi connectivity index (χ0n) is 11.1. The van der Waals surface area contributed by atoms with Crippen LogP contribution in [0.4, 0.5) is 0 Å². The van der Waals surface area contributed by atoms with Crippen molar-refractivity contribution in [1.82, 2.24) is 4.98 Å². The highest BCUT2D eigenvalue weighted by Crippen LogP contribution is 2.30. The molecule has 0 aliphatic rings. The molecule has 1 aromatic heterocycles. The predicted octanol–water partition coefficient (Wildman–Crippen LogP) is 4.52. The molecule has 1 heterocycles. The summed E-state index contributed by atoms with van der Waals surface area (Å²) in [6.45, 7) is 0. The summed E-state index contributed by atoms with van der Waals surface area (Å²) in [5, 5.41) is 10.9. The summed E-state index contributed by atoms with van der Waals surface area (Å²) in [5.74, 6) is 0.613. The molecule has 0 saturated heterocycles. The number of aromatic nitrogens is 1. The van der Waals surface area contributed by atoms with Crippen LogP contribution in [0.3, 0.4) is 0 Å². The Morgan fingerprint density at radius 1 is 0.952 bits per heavy atom. The topological polar surface area (TPSA) is 49.8 Å². The highest BCUT2D eigenvalue weighted by Gasteiger charge is 2.11. The maximum absolute atomic E-state index is 8.98. The van der Waals surface area contributed by atoms with Crippen molar-refractivity contribution in [2.75, 3.05) is 0 Å². The number of benzene rings is 3. The number of nitriles is 1. The van der Waals surface area contributed by atoms with Gasteiger partial charge in [0.2, 0.25) is 5.89 Å². The fourth-order valence-electron chi connectivity index (χ4n) is 2.49. The molecule has 0 aliphatic heterocycles. The van der Waals surface area contributed by atoms with Crippen molar-refractivity contribution < 1.29 is 4.42 Å². The second-order valence-electron chi connectivity index (χ2n) is 4.85. The fourth-order valence-corrected chi connectivity index (χ4v) is 2.49. The van der Waals surface area contributed by atoms with Crippen molar-refractivity contribution >= 4 is 21.9 Å². The highest BCUT2D eigenvalue weighted by atomic mass is 16.3. The van der Waals surface area contributed by atoms with Crippen LogP contribution in [0.15, 0.2) is 65.1 Å². The van der Waals surface area contributed by atoms with Gasteiger partial charge in [0.1, 0.15) is 5.52 Å². The Balaban J connectivity index is 2.00. The molecule has 3 heteroatoms. The Labute approximate surface area is 121 Å². The lowest BCUT2D eigenvalue weighted by molar-refractivity contribution is 0.623. The highest BCUT2D eigenvalue weighted by molar-refractivity contribution is 6.03. The van der Waals surface area contributed by atoms with Gasteiger partial charge in [-0.2, -0.15) is 5.26 Å². The van der Waals surface area contributed by atoms with Crippen molar-refractivity contribution in [3.05, 3.63) is 66.2 Å². The molecule has 4 rings (SSSR count). The molecule has 0 fully saturated rings. The lowest BCUT2D eigenvalue weighted by atomic mass is 10.1. The largest absolute Gasteiger partial charge is 0.435 e. The van der Waals surface area contributed by atoms with Gasteiger partial charge in [-0.15, -0.1) is 0 Å². The van der Waals surface area contributed by atoms with Gasteiger partial charge in [0.05, 0.1) is 11.6 Å². The third-order valence-corrected chi connectivity index (χ3v) is 3.52. The van der Waals surface area contributed by atoms with E-state index < -0.39 is 0 Å². The summed E-state index contributed by atoms with van der Waals surface area (Å²) in [7, 11) is 0. The number of rotatable bonds is 1. The van der Waals surface area contributed by atoms with Crippen molar-refractivity contribution in [3.63, 3.8) is 0 Å². The van der Waals surface area contributed by atoms with E-state index in [2.05, 4.69) is 11.1 Å². The molecule has 3 aromatic carbocycles. The second kappa shape index (κ2) is 4.46. The summed E-state index contributed by atoms with van der Waals surface area (Å²) < 4.78 is 5.95. The Morgan fingerprint density at radius 2 is 1.81 bits per heavy atom. The van der Waals surface area contributed by atoms with Crippen LogP contribution in [0.1, 0.15) is 5.56 Å². The normalized spacial score (nSPS) is 10.8. The molecule has 4 aromatic rings. The van der Waals surface area contributed by atoms with E-state index in [0.717, 1.165) is 27.4 Å². The predicted molar refractivity (Wildman–Crippen MR) is 81.7 cm³/mol. The van der Waals surface area contributed by atoms with Crippen LogP contribution in [-0.4, -0.2) is 4.98 Å². The monoisotopic (exact) mass is 270 g/mol. The molecular formula is C18H10N2O. The maximum atomic E-state index is 8.98. The average Bonchev–Trinajstić information content (AvgIpc) is 2.99. The second-order valence-corrected chi connectivity index (χ2v) is 4.85. The summed E-state index contributed by atoms with van der Waals surface area (Å²) in [5.41, 5.74) is 3.18. The first-order valence-corrected chi connectivity index (χ1v) is 6.64. The Bertz CT molecular complexity index is 994. The molecule has 0 radical (unpaired) electrons. The first kappa shape index (κ1) is 11.7. The van der Waals surface area contributed by atoms with Crippen LogP contribution in [0.2, 0.25) is 0 Å². The molecule has 0 N–H and O–H groups in total. The van der Waals surface area contributed by atoms with Gasteiger partial charge >= 0.3 is 0 Å². The third-order valence-electron chi connectivity index (χ3n) is 3.52. The van der Waals surface area contributed by atoms with Crippen LogP contribution >= 0.6 is 0 Å². The fraction of sp³-hybridized carbons (Fsp3) is 0. The molecule has 0 bridgehead atoms. The summed E-state index contributed by atoms with van der Waals surface area (Å²) in [6.07, 6.45) is 0. The number of hydrogen-bond acceptors (Lipinski definition) is 3. The Morgan fingerprint density at radius 3 is 2.62 bits per heavy atom. The minimum Gasteiger partial charge on any atom is -0.435 e. The van der Waals surface area contributed by atoms with Gasteiger partial charge in [-0.1, -0.05) is 24.3 Å². The molecule has 3 nitrogen and oxygen atoms in total. The minimum atomic E-state index is 0.613. The zero-order valence-corrected chi connectivity index (χ0v) is 11.1. The van der Waals surface area contributed by atoms with Crippen molar-refractivity contribution in [3.8, 4) is 17.5 Å². The summed E-state index contributed by atoms with van der Waals surface area (Å²) >= 11 is 0. The van der Waals surface area contributed by atoms with Crippen molar-refractivity contribution in [2.24, 2.45) is 0 Å². The van der Waals surface area contributed by atoms with E-state index in [9.17, 15) is 0 Å². The quantitative estimate of drug-likeness (QED) is 0.511. The van der Waals surface area contributed by atoms with E-state index in [-0.39, 0.29) is 0 Å². The molecule has 21 heavy (non-hydrogen) atoms. The lowest BCUT2D eigenvalue weighted by Gasteiger charge is -1.98. The Hall–Kier alpha value is -3.12. The van der Waals surface area contributed by atoms with E-state index in [1.54, 1.807) is 6.07 Å². The van der Waals surface area contributed by atoms with Gasteiger partial charge in [0.15, 0.2) is 5.58 Å². The van der Waals surface area contributed by atoms with Gasteiger partial charge < -0.3 is 4.42 Å². The van der Waals surface area contributed by atoms with Gasteiger partial charge in [-0.25, -0.2) is 4.98 Å². The van der Waals surface area contributed by atoms with Crippen molar-refractivity contribution in [1.29, 1.82) is 5.26 Å². The van der Waals surface area contributed by atoms with Crippen LogP contribution in [0.5, 0.6) is 0 Å². The smallest absolute Gasteiger partial charge is 0.227 e. The summed E-state index contributed by atoms with van der Waals surface area (Å²) in [4.78, 5) is 4.54. The van der Waals surface area contributed by atoms with Gasteiger partial charge in [0, 0.05) is 10.9 Å². The van der Waals surface area contributed by atoms with E-state index in [4.69, 9.17) is 9.68 Å². The zero-order chi connectivity index (χ0) is 14.2. The van der Waals surface area contributed by atoms with E-state index in [1.807, 2.05) is 54.6 Å². The Kier molecular flexibility index (Phi) is 2.48. The van der Waals surface area contributed by atoms with Gasteiger partial charge in [-0.3, -0.25) is 0 Å². The van der Waals surface area contributed by atoms with Crippen LogP contribution in [0.25, 0.3) is 33.3 Å². The standard InChI is InChI=1S/C18H10N2O/c19-11-12-6-8-15-14(10-12)7-9-16-17(15)21-18(20-16)13-4-2-1-3-5-13/h1-10H. The first-order chi connectivity index (χ1) is 10.3. The third kappa shape index (κ3) is 1.86. The number of oxazole rings is 1. The molecule has 0 unspecified atom stereocenters.